The Hall–Kier alpha value is -3.26. The van der Waals surface area contributed by atoms with Gasteiger partial charge in [0.15, 0.2) is 0 Å². The third-order valence-corrected chi connectivity index (χ3v) is 9.05. The van der Waals surface area contributed by atoms with Gasteiger partial charge in [0, 0.05) is 55.9 Å². The van der Waals surface area contributed by atoms with Gasteiger partial charge in [-0.25, -0.2) is 4.39 Å². The molecule has 7 nitrogen and oxygen atoms in total. The van der Waals surface area contributed by atoms with Gasteiger partial charge in [-0.05, 0) is 81.7 Å². The summed E-state index contributed by atoms with van der Waals surface area (Å²) in [7, 11) is 1.74. The second-order valence-corrected chi connectivity index (χ2v) is 11.5. The Bertz CT molecular complexity index is 1380. The van der Waals surface area contributed by atoms with E-state index < -0.39 is 5.82 Å². The molecule has 1 unspecified atom stereocenters. The summed E-state index contributed by atoms with van der Waals surface area (Å²) in [5.74, 6) is 0.213. The fourth-order valence-electron chi connectivity index (χ4n) is 6.63. The molecule has 1 saturated carbocycles. The molecule has 0 radical (unpaired) electrons. The molecule has 4 fully saturated rings. The highest BCUT2D eigenvalue weighted by Crippen LogP contribution is 2.38. The van der Waals surface area contributed by atoms with Crippen molar-refractivity contribution in [2.45, 2.75) is 70.0 Å². The number of carbonyl (C=O) groups is 2. The highest BCUT2D eigenvalue weighted by atomic mass is 19.1. The summed E-state index contributed by atoms with van der Waals surface area (Å²) in [5.41, 5.74) is 2.94. The van der Waals surface area contributed by atoms with Crippen LogP contribution in [0.3, 0.4) is 0 Å². The van der Waals surface area contributed by atoms with E-state index in [1.807, 2.05) is 29.4 Å². The van der Waals surface area contributed by atoms with Crippen LogP contribution in [0.1, 0.15) is 67.8 Å². The lowest BCUT2D eigenvalue weighted by atomic mass is 9.76. The van der Waals surface area contributed by atoms with Crippen LogP contribution in [0.5, 0.6) is 0 Å². The Balaban J connectivity index is 1.33. The number of nitrogens with one attached hydrogen (secondary N) is 1. The molecule has 8 heteroatoms. The van der Waals surface area contributed by atoms with E-state index in [2.05, 4.69) is 16.5 Å². The number of rotatable bonds is 5. The second kappa shape index (κ2) is 9.80. The zero-order valence-electron chi connectivity index (χ0n) is 22.4. The highest BCUT2D eigenvalue weighted by molar-refractivity contribution is 5.99. The summed E-state index contributed by atoms with van der Waals surface area (Å²) in [6, 6.07) is 6.80. The minimum Gasteiger partial charge on any atom is -0.341 e. The van der Waals surface area contributed by atoms with Crippen LogP contribution in [0.2, 0.25) is 0 Å². The second-order valence-electron chi connectivity index (χ2n) is 11.5. The lowest BCUT2D eigenvalue weighted by molar-refractivity contribution is -0.136. The largest absolute Gasteiger partial charge is 0.341 e. The van der Waals surface area contributed by atoms with Crippen molar-refractivity contribution in [1.29, 1.82) is 0 Å². The van der Waals surface area contributed by atoms with Gasteiger partial charge in [-0.15, -0.1) is 0 Å². The van der Waals surface area contributed by atoms with E-state index in [1.165, 1.54) is 25.0 Å². The predicted molar refractivity (Wildman–Crippen MR) is 145 cm³/mol. The van der Waals surface area contributed by atoms with Gasteiger partial charge in [0.25, 0.3) is 5.91 Å². The molecule has 200 valence electrons. The van der Waals surface area contributed by atoms with Crippen molar-refractivity contribution < 1.29 is 14.0 Å². The van der Waals surface area contributed by atoms with Crippen molar-refractivity contribution >= 4 is 22.7 Å². The van der Waals surface area contributed by atoms with Gasteiger partial charge in [-0.2, -0.15) is 0 Å². The van der Waals surface area contributed by atoms with E-state index >= 15 is 0 Å². The van der Waals surface area contributed by atoms with E-state index in [9.17, 15) is 14.0 Å². The summed E-state index contributed by atoms with van der Waals surface area (Å²) in [6.07, 6.45) is 11.2. The Morgan fingerprint density at radius 1 is 1.13 bits per heavy atom. The molecular weight excluding hydrogens is 481 g/mol. The number of likely N-dealkylation sites (tertiary alicyclic amines) is 1. The molecule has 1 aromatic carbocycles. The Kier molecular flexibility index (Phi) is 6.46. The molecule has 3 aromatic rings. The van der Waals surface area contributed by atoms with Crippen LogP contribution in [0, 0.1) is 11.7 Å². The summed E-state index contributed by atoms with van der Waals surface area (Å²) >= 11 is 0. The first-order valence-electron chi connectivity index (χ1n) is 13.9. The molecule has 38 heavy (non-hydrogen) atoms. The molecule has 1 N–H and O–H groups in total. The van der Waals surface area contributed by atoms with E-state index in [4.69, 9.17) is 0 Å². The summed E-state index contributed by atoms with van der Waals surface area (Å²) in [5, 5.41) is 4.66. The van der Waals surface area contributed by atoms with Gasteiger partial charge < -0.3 is 19.7 Å². The molecule has 3 saturated heterocycles. The van der Waals surface area contributed by atoms with Crippen LogP contribution in [-0.2, 0) is 4.79 Å². The quantitative estimate of drug-likeness (QED) is 0.541. The number of amides is 2. The number of hydrogen-bond donors (Lipinski definition) is 1. The predicted octanol–water partition coefficient (Wildman–Crippen LogP) is 4.49. The number of aromatic nitrogens is 2. The maximum Gasteiger partial charge on any atom is 0.256 e. The number of fused-ring (bicyclic) bond motifs is 4. The van der Waals surface area contributed by atoms with E-state index in [-0.39, 0.29) is 29.8 Å². The zero-order valence-corrected chi connectivity index (χ0v) is 22.4. The Morgan fingerprint density at radius 2 is 1.92 bits per heavy atom. The van der Waals surface area contributed by atoms with Gasteiger partial charge in [0.1, 0.15) is 5.82 Å². The third-order valence-electron chi connectivity index (χ3n) is 9.05. The normalized spacial score (nSPS) is 24.9. The van der Waals surface area contributed by atoms with E-state index in [1.54, 1.807) is 30.4 Å². The van der Waals surface area contributed by atoms with Crippen LogP contribution in [0.25, 0.3) is 16.6 Å². The van der Waals surface area contributed by atoms with Crippen molar-refractivity contribution in [2.75, 3.05) is 20.1 Å². The Labute approximate surface area is 223 Å². The summed E-state index contributed by atoms with van der Waals surface area (Å²) < 4.78 is 16.3. The number of benzene rings is 1. The van der Waals surface area contributed by atoms with Gasteiger partial charge in [-0.3, -0.25) is 14.6 Å². The number of halogens is 1. The smallest absolute Gasteiger partial charge is 0.256 e. The van der Waals surface area contributed by atoms with Gasteiger partial charge in [0.2, 0.25) is 5.91 Å². The first-order chi connectivity index (χ1) is 18.3. The van der Waals surface area contributed by atoms with Crippen molar-refractivity contribution in [2.24, 2.45) is 5.92 Å². The van der Waals surface area contributed by atoms with Crippen LogP contribution < -0.4 is 5.32 Å². The summed E-state index contributed by atoms with van der Waals surface area (Å²) in [6.45, 7) is 5.30. The SMILES string of the molecule is CC(C)N(C)C(=O)c1cc(F)ccc1-n1cc(C2CCN(C(=O)[C@H]3NC4CCC3CC4)C2)c2ccncc21. The molecule has 0 spiro atoms. The number of pyridine rings is 1. The van der Waals surface area contributed by atoms with Gasteiger partial charge in [0.05, 0.1) is 29.0 Å². The van der Waals surface area contributed by atoms with Crippen molar-refractivity contribution in [3.8, 4) is 5.69 Å². The van der Waals surface area contributed by atoms with Crippen LogP contribution in [-0.4, -0.2) is 69.4 Å². The lowest BCUT2D eigenvalue weighted by Gasteiger charge is -2.43. The average molecular weight is 518 g/mol. The number of carbonyl (C=O) groups excluding carboxylic acids is 2. The number of nitrogens with zero attached hydrogens (tertiary/aromatic N) is 4. The standard InChI is InChI=1S/C30H36FN5O2/c1-18(2)34(3)29(37)24-14-21(31)6-9-26(24)36-17-25(23-10-12-32-15-27(23)36)20-11-13-35(16-20)30(38)28-19-4-7-22(33-28)8-5-19/h6,9-10,12,14-15,17-20,22,28,33H,4-5,7-8,11,13,16H2,1-3H3/t19?,20?,22?,28-/m0/s1. The maximum absolute atomic E-state index is 14.3. The molecular formula is C30H36FN5O2. The van der Waals surface area contributed by atoms with Crippen LogP contribution in [0.4, 0.5) is 4.39 Å². The van der Waals surface area contributed by atoms with Crippen LogP contribution >= 0.6 is 0 Å². The van der Waals surface area contributed by atoms with E-state index in [0.717, 1.165) is 42.3 Å². The molecule has 2 aromatic heterocycles. The van der Waals surface area contributed by atoms with Gasteiger partial charge >= 0.3 is 0 Å². The Morgan fingerprint density at radius 3 is 2.63 bits per heavy atom. The fraction of sp³-hybridized carbons (Fsp3) is 0.500. The van der Waals surface area contributed by atoms with Crippen molar-refractivity contribution in [3.05, 3.63) is 59.8 Å². The van der Waals surface area contributed by atoms with Crippen molar-refractivity contribution in [1.82, 2.24) is 24.7 Å². The van der Waals surface area contributed by atoms with Gasteiger partial charge in [-0.1, -0.05) is 0 Å². The topological polar surface area (TPSA) is 70.5 Å². The molecule has 2 bridgehead atoms. The molecule has 5 heterocycles. The number of hydrogen-bond acceptors (Lipinski definition) is 4. The average Bonchev–Trinajstić information content (AvgIpc) is 3.58. The van der Waals surface area contributed by atoms with Crippen LogP contribution in [0.15, 0.2) is 42.9 Å². The lowest BCUT2D eigenvalue weighted by Crippen LogP contribution is -2.59. The minimum absolute atomic E-state index is 0.0203. The number of piperidine rings is 2. The minimum atomic E-state index is -0.445. The molecule has 4 aliphatic rings. The van der Waals surface area contributed by atoms with E-state index in [0.29, 0.717) is 29.8 Å². The maximum atomic E-state index is 14.3. The molecule has 2 atom stereocenters. The molecule has 3 aliphatic heterocycles. The molecule has 1 aliphatic carbocycles. The fourth-order valence-corrected chi connectivity index (χ4v) is 6.63. The zero-order chi connectivity index (χ0) is 26.6. The molecule has 2 amide bonds. The van der Waals surface area contributed by atoms with Crippen molar-refractivity contribution in [3.63, 3.8) is 0 Å². The first-order valence-corrected chi connectivity index (χ1v) is 13.9. The monoisotopic (exact) mass is 517 g/mol. The molecule has 7 rings (SSSR count). The summed E-state index contributed by atoms with van der Waals surface area (Å²) in [4.78, 5) is 34.9. The highest BCUT2D eigenvalue weighted by Gasteiger charge is 2.42. The first kappa shape index (κ1) is 25.0. The third kappa shape index (κ3) is 4.28.